The van der Waals surface area contributed by atoms with Gasteiger partial charge in [-0.25, -0.2) is 9.55 Å². The summed E-state index contributed by atoms with van der Waals surface area (Å²) in [5.41, 5.74) is 0. The molecule has 0 spiro atoms. The average molecular weight is 728 g/mol. The molecule has 0 amide bonds. The van der Waals surface area contributed by atoms with Crippen LogP contribution in [0.3, 0.4) is 0 Å². The zero-order valence-electron chi connectivity index (χ0n) is 36.7. The van der Waals surface area contributed by atoms with Gasteiger partial charge in [0, 0.05) is 0 Å². The molecule has 0 aliphatic heterocycles. The molecule has 1 N–H and O–H groups in total. The second kappa shape index (κ2) is 39.9. The van der Waals surface area contributed by atoms with Crippen LogP contribution in [0.1, 0.15) is 309 Å². The summed E-state index contributed by atoms with van der Waals surface area (Å²) in [4.78, 5) is 3.79. The highest BCUT2D eigenvalue weighted by Gasteiger charge is 2.25. The fraction of sp³-hybridized carbons (Fsp3) is 0.940. The summed E-state index contributed by atoms with van der Waals surface area (Å²) in [6.07, 6.45) is 63.6. The normalized spacial score (nSPS) is 12.9. The highest BCUT2D eigenvalue weighted by Crippen LogP contribution is 2.28. The van der Waals surface area contributed by atoms with Gasteiger partial charge in [-0.05, 0) is 32.6 Å². The second-order valence-corrected chi connectivity index (χ2v) is 17.5. The van der Waals surface area contributed by atoms with Crippen molar-refractivity contribution >= 4 is 0 Å². The Hall–Kier alpha value is -0.790. The summed E-state index contributed by atoms with van der Waals surface area (Å²) >= 11 is 0. The number of hydrogen-bond acceptors (Lipinski definition) is 0. The van der Waals surface area contributed by atoms with Gasteiger partial charge < -0.3 is 0 Å². The Morgan fingerprint density at radius 1 is 0.365 bits per heavy atom. The first-order chi connectivity index (χ1) is 25.7. The third-order valence-electron chi connectivity index (χ3n) is 12.4. The van der Waals surface area contributed by atoms with E-state index in [0.717, 1.165) is 0 Å². The van der Waals surface area contributed by atoms with E-state index in [1.807, 2.05) is 0 Å². The zero-order chi connectivity index (χ0) is 37.4. The van der Waals surface area contributed by atoms with Crippen LogP contribution in [-0.4, -0.2) is 4.98 Å². The van der Waals surface area contributed by atoms with Gasteiger partial charge in [0.25, 0.3) is 5.82 Å². The molecule has 0 aliphatic carbocycles. The molecule has 0 saturated heterocycles. The molecule has 1 aromatic heterocycles. The van der Waals surface area contributed by atoms with Crippen molar-refractivity contribution < 1.29 is 4.57 Å². The van der Waals surface area contributed by atoms with Crippen LogP contribution < -0.4 is 4.57 Å². The molecule has 2 heteroatoms. The molecule has 2 unspecified atom stereocenters. The molecule has 0 fully saturated rings. The molecule has 0 saturated carbocycles. The predicted octanol–water partition coefficient (Wildman–Crippen LogP) is 18.0. The van der Waals surface area contributed by atoms with E-state index in [-0.39, 0.29) is 0 Å². The lowest BCUT2D eigenvalue weighted by Gasteiger charge is -2.17. The van der Waals surface area contributed by atoms with Crippen molar-refractivity contribution in [2.45, 2.75) is 303 Å². The topological polar surface area (TPSA) is 19.7 Å². The van der Waals surface area contributed by atoms with Crippen molar-refractivity contribution in [2.24, 2.45) is 0 Å². The molecule has 52 heavy (non-hydrogen) atoms. The van der Waals surface area contributed by atoms with Crippen LogP contribution in [0.4, 0.5) is 0 Å². The van der Waals surface area contributed by atoms with Gasteiger partial charge in [-0.3, -0.25) is 0 Å². The largest absolute Gasteiger partial charge is 0.257 e. The van der Waals surface area contributed by atoms with E-state index in [4.69, 9.17) is 0 Å². The van der Waals surface area contributed by atoms with Gasteiger partial charge in [-0.15, -0.1) is 0 Å². The smallest absolute Gasteiger partial charge is 0.247 e. The van der Waals surface area contributed by atoms with Gasteiger partial charge in [-0.1, -0.05) is 258 Å². The summed E-state index contributed by atoms with van der Waals surface area (Å²) in [5, 5.41) is 0. The molecule has 0 radical (unpaired) electrons. The molecule has 0 bridgehead atoms. The number of aromatic amines is 1. The van der Waals surface area contributed by atoms with E-state index in [0.29, 0.717) is 12.0 Å². The lowest BCUT2D eigenvalue weighted by Crippen LogP contribution is -2.41. The van der Waals surface area contributed by atoms with Crippen LogP contribution in [0.2, 0.25) is 0 Å². The quantitative estimate of drug-likeness (QED) is 0.0510. The lowest BCUT2D eigenvalue weighted by molar-refractivity contribution is -0.727. The molecule has 1 rings (SSSR count). The van der Waals surface area contributed by atoms with E-state index < -0.39 is 0 Å². The summed E-state index contributed by atoms with van der Waals surface area (Å²) in [6.45, 7) is 9.44. The fourth-order valence-electron chi connectivity index (χ4n) is 8.73. The van der Waals surface area contributed by atoms with E-state index in [1.165, 1.54) is 263 Å². The number of nitrogens with zero attached hydrogens (tertiary/aromatic N) is 1. The van der Waals surface area contributed by atoms with Crippen molar-refractivity contribution in [2.75, 3.05) is 0 Å². The van der Waals surface area contributed by atoms with Gasteiger partial charge in [0.15, 0.2) is 0 Å². The van der Waals surface area contributed by atoms with Crippen LogP contribution in [0.25, 0.3) is 0 Å². The molecular weight excluding hydrogens is 629 g/mol. The Balaban J connectivity index is 2.35. The molecule has 2 atom stereocenters. The SMILES string of the molecule is CCCCCCCCCCCCCCCCCC(CCCCCCCCCCCC)c1[nH]cc[n+]1C(C)CCCCCCCCCCCCCCC. The van der Waals surface area contributed by atoms with E-state index in [2.05, 4.69) is 49.6 Å². The van der Waals surface area contributed by atoms with E-state index in [1.54, 1.807) is 5.82 Å². The van der Waals surface area contributed by atoms with Crippen LogP contribution >= 0.6 is 0 Å². The zero-order valence-corrected chi connectivity index (χ0v) is 36.7. The Morgan fingerprint density at radius 3 is 0.904 bits per heavy atom. The second-order valence-electron chi connectivity index (χ2n) is 17.5. The third-order valence-corrected chi connectivity index (χ3v) is 12.4. The molecular formula is C50H99N2+. The predicted molar refractivity (Wildman–Crippen MR) is 235 cm³/mol. The maximum atomic E-state index is 3.79. The first kappa shape index (κ1) is 49.2. The maximum Gasteiger partial charge on any atom is 0.257 e. The minimum atomic E-state index is 0.616. The first-order valence-electron chi connectivity index (χ1n) is 24.8. The Labute approximate surface area is 329 Å². The number of H-pyrrole nitrogens is 1. The van der Waals surface area contributed by atoms with Gasteiger partial charge >= 0.3 is 0 Å². The Morgan fingerprint density at radius 2 is 0.615 bits per heavy atom. The highest BCUT2D eigenvalue weighted by atomic mass is 15.1. The van der Waals surface area contributed by atoms with Crippen molar-refractivity contribution in [1.82, 2.24) is 4.98 Å². The van der Waals surface area contributed by atoms with Gasteiger partial charge in [-0.2, -0.15) is 0 Å². The first-order valence-corrected chi connectivity index (χ1v) is 24.8. The molecule has 0 aliphatic rings. The number of rotatable bonds is 43. The fourth-order valence-corrected chi connectivity index (χ4v) is 8.73. The number of unbranched alkanes of at least 4 members (excludes halogenated alkanes) is 35. The van der Waals surface area contributed by atoms with Gasteiger partial charge in [0.2, 0.25) is 0 Å². The Kier molecular flexibility index (Phi) is 37.8. The van der Waals surface area contributed by atoms with Crippen molar-refractivity contribution in [3.8, 4) is 0 Å². The van der Waals surface area contributed by atoms with Crippen molar-refractivity contribution in [3.05, 3.63) is 18.2 Å². The van der Waals surface area contributed by atoms with Crippen LogP contribution in [-0.2, 0) is 0 Å². The number of nitrogens with one attached hydrogen (secondary N) is 1. The molecule has 308 valence electrons. The highest BCUT2D eigenvalue weighted by molar-refractivity contribution is 4.90. The lowest BCUT2D eigenvalue weighted by atomic mass is 9.92. The summed E-state index contributed by atoms with van der Waals surface area (Å²) in [5.74, 6) is 2.25. The monoisotopic (exact) mass is 728 g/mol. The summed E-state index contributed by atoms with van der Waals surface area (Å²) in [6, 6.07) is 0.616. The number of hydrogen-bond donors (Lipinski definition) is 1. The number of imidazole rings is 1. The maximum absolute atomic E-state index is 3.79. The average Bonchev–Trinajstić information content (AvgIpc) is 3.65. The molecule has 0 aromatic carbocycles. The van der Waals surface area contributed by atoms with E-state index in [9.17, 15) is 0 Å². The van der Waals surface area contributed by atoms with E-state index >= 15 is 0 Å². The van der Waals surface area contributed by atoms with Gasteiger partial charge in [0.05, 0.1) is 12.0 Å². The van der Waals surface area contributed by atoms with Crippen molar-refractivity contribution in [1.29, 1.82) is 0 Å². The molecule has 1 aromatic rings. The minimum absolute atomic E-state index is 0.616. The Bertz CT molecular complexity index is 798. The van der Waals surface area contributed by atoms with Crippen LogP contribution in [0, 0.1) is 0 Å². The molecule has 2 nitrogen and oxygen atoms in total. The number of aromatic nitrogens is 2. The van der Waals surface area contributed by atoms with Crippen LogP contribution in [0.5, 0.6) is 0 Å². The van der Waals surface area contributed by atoms with Crippen LogP contribution in [0.15, 0.2) is 12.4 Å². The summed E-state index contributed by atoms with van der Waals surface area (Å²) in [7, 11) is 0. The van der Waals surface area contributed by atoms with Gasteiger partial charge in [0.1, 0.15) is 12.4 Å². The standard InChI is InChI=1S/C50H98N2/c1-5-8-11-14-17-20-23-25-26-28-30-33-36-39-42-45-49(44-41-38-35-32-22-19-16-13-10-7-3)50-51-46-47-52(50)48(4)43-40-37-34-31-29-27-24-21-18-15-12-9-6-2/h46-49H,5-45H2,1-4H3/p+1. The third kappa shape index (κ3) is 30.5. The molecule has 1 heterocycles. The summed E-state index contributed by atoms with van der Waals surface area (Å²) < 4.78 is 2.66. The minimum Gasteiger partial charge on any atom is -0.247 e. The van der Waals surface area contributed by atoms with Crippen molar-refractivity contribution in [3.63, 3.8) is 0 Å².